The van der Waals surface area contributed by atoms with Crippen molar-refractivity contribution in [3.63, 3.8) is 0 Å². The third kappa shape index (κ3) is 4.90. The number of nitrogens with two attached hydrogens (primary N) is 1. The van der Waals surface area contributed by atoms with Gasteiger partial charge in [-0.1, -0.05) is 37.3 Å². The minimum atomic E-state index is -0.632. The molecule has 3 aromatic rings. The van der Waals surface area contributed by atoms with E-state index in [4.69, 9.17) is 5.73 Å². The molecule has 0 aliphatic rings. The predicted octanol–water partition coefficient (Wildman–Crippen LogP) is 1.51. The van der Waals surface area contributed by atoms with E-state index in [9.17, 15) is 14.4 Å². The molecule has 8 heteroatoms. The van der Waals surface area contributed by atoms with Crippen LogP contribution in [0.2, 0.25) is 0 Å². The Kier molecular flexibility index (Phi) is 6.58. The van der Waals surface area contributed by atoms with Crippen LogP contribution in [0.4, 0.5) is 5.69 Å². The molecule has 3 N–H and O–H groups in total. The fourth-order valence-corrected chi connectivity index (χ4v) is 3.34. The molecule has 0 atom stereocenters. The Labute approximate surface area is 174 Å². The van der Waals surface area contributed by atoms with Crippen LogP contribution in [-0.4, -0.2) is 39.9 Å². The molecule has 0 fully saturated rings. The lowest BCUT2D eigenvalue weighted by Crippen LogP contribution is -2.36. The van der Waals surface area contributed by atoms with Crippen LogP contribution in [0, 0.1) is 0 Å². The number of likely N-dealkylation sites (N-methyl/N-ethyl adjacent to an activating group) is 1. The SMILES string of the molecule is CCc1ccccc1NC(=O)CN(C)Cc1nc2ccccc2c(=O)n1CC(N)=O. The number of nitrogens with zero attached hydrogens (tertiary/aromatic N) is 3. The molecule has 2 aromatic carbocycles. The second kappa shape index (κ2) is 9.32. The Balaban J connectivity index is 1.80. The number of anilines is 1. The van der Waals surface area contributed by atoms with Crippen LogP contribution >= 0.6 is 0 Å². The third-order valence-corrected chi connectivity index (χ3v) is 4.75. The van der Waals surface area contributed by atoms with Gasteiger partial charge < -0.3 is 11.1 Å². The lowest BCUT2D eigenvalue weighted by atomic mass is 10.1. The maximum Gasteiger partial charge on any atom is 0.261 e. The summed E-state index contributed by atoms with van der Waals surface area (Å²) in [4.78, 5) is 43.1. The van der Waals surface area contributed by atoms with Crippen LogP contribution in [0.15, 0.2) is 53.3 Å². The zero-order chi connectivity index (χ0) is 21.7. The van der Waals surface area contributed by atoms with E-state index in [1.165, 1.54) is 4.57 Å². The van der Waals surface area contributed by atoms with Gasteiger partial charge in [0.25, 0.3) is 5.56 Å². The highest BCUT2D eigenvalue weighted by Gasteiger charge is 2.16. The largest absolute Gasteiger partial charge is 0.368 e. The number of hydrogen-bond donors (Lipinski definition) is 2. The molecule has 0 aliphatic carbocycles. The van der Waals surface area contributed by atoms with E-state index in [0.717, 1.165) is 17.7 Å². The van der Waals surface area contributed by atoms with Gasteiger partial charge in [0.15, 0.2) is 0 Å². The predicted molar refractivity (Wildman–Crippen MR) is 116 cm³/mol. The Bertz CT molecular complexity index is 1140. The van der Waals surface area contributed by atoms with E-state index >= 15 is 0 Å². The number of nitrogens with one attached hydrogen (secondary N) is 1. The quantitative estimate of drug-likeness (QED) is 0.588. The summed E-state index contributed by atoms with van der Waals surface area (Å²) in [6.45, 7) is 2.06. The minimum Gasteiger partial charge on any atom is -0.368 e. The standard InChI is InChI=1S/C22H25N5O3/c1-3-15-8-4-6-10-17(15)25-21(29)14-26(2)13-20-24-18-11-7-5-9-16(18)22(30)27(20)12-19(23)28/h4-11H,3,12-14H2,1-2H3,(H2,23,28)(H,25,29). The van der Waals surface area contributed by atoms with Gasteiger partial charge >= 0.3 is 0 Å². The highest BCUT2D eigenvalue weighted by atomic mass is 16.2. The number of carbonyl (C=O) groups excluding carboxylic acids is 2. The molecule has 30 heavy (non-hydrogen) atoms. The number of para-hydroxylation sites is 2. The fraction of sp³-hybridized carbons (Fsp3) is 0.273. The van der Waals surface area contributed by atoms with Crippen molar-refractivity contribution < 1.29 is 9.59 Å². The molecular formula is C22H25N5O3. The van der Waals surface area contributed by atoms with Gasteiger partial charge in [-0.05, 0) is 37.2 Å². The van der Waals surface area contributed by atoms with Crippen molar-refractivity contribution in [2.24, 2.45) is 5.73 Å². The molecule has 0 unspecified atom stereocenters. The summed E-state index contributed by atoms with van der Waals surface area (Å²) in [5.74, 6) is -0.434. The lowest BCUT2D eigenvalue weighted by molar-refractivity contribution is -0.119. The maximum absolute atomic E-state index is 12.8. The van der Waals surface area contributed by atoms with E-state index in [1.807, 2.05) is 31.2 Å². The Morgan fingerprint density at radius 1 is 1.13 bits per heavy atom. The summed E-state index contributed by atoms with van der Waals surface area (Å²) >= 11 is 0. The molecule has 1 aromatic heterocycles. The first-order valence-corrected chi connectivity index (χ1v) is 9.72. The third-order valence-electron chi connectivity index (χ3n) is 4.75. The maximum atomic E-state index is 12.8. The van der Waals surface area contributed by atoms with Gasteiger partial charge in [0.05, 0.1) is 24.0 Å². The molecule has 156 valence electrons. The van der Waals surface area contributed by atoms with E-state index < -0.39 is 5.91 Å². The number of aryl methyl sites for hydroxylation is 1. The first-order valence-electron chi connectivity index (χ1n) is 9.72. The van der Waals surface area contributed by atoms with Crippen molar-refractivity contribution in [1.29, 1.82) is 0 Å². The van der Waals surface area contributed by atoms with Gasteiger partial charge in [0, 0.05) is 5.69 Å². The van der Waals surface area contributed by atoms with Crippen molar-refractivity contribution in [2.45, 2.75) is 26.4 Å². The molecule has 0 saturated carbocycles. The number of primary amides is 1. The fourth-order valence-electron chi connectivity index (χ4n) is 3.34. The van der Waals surface area contributed by atoms with Crippen molar-refractivity contribution in [3.8, 4) is 0 Å². The summed E-state index contributed by atoms with van der Waals surface area (Å²) < 4.78 is 1.27. The van der Waals surface area contributed by atoms with Crippen LogP contribution in [0.5, 0.6) is 0 Å². The van der Waals surface area contributed by atoms with Gasteiger partial charge in [-0.25, -0.2) is 4.98 Å². The van der Waals surface area contributed by atoms with Gasteiger partial charge in [-0.2, -0.15) is 0 Å². The average molecular weight is 407 g/mol. The zero-order valence-corrected chi connectivity index (χ0v) is 17.1. The monoisotopic (exact) mass is 407 g/mol. The number of carbonyl (C=O) groups is 2. The topological polar surface area (TPSA) is 110 Å². The van der Waals surface area contributed by atoms with E-state index in [0.29, 0.717) is 16.7 Å². The van der Waals surface area contributed by atoms with Crippen molar-refractivity contribution >= 4 is 28.4 Å². The number of fused-ring (bicyclic) bond motifs is 1. The first kappa shape index (κ1) is 21.2. The van der Waals surface area contributed by atoms with Gasteiger partial charge in [-0.3, -0.25) is 23.9 Å². The van der Waals surface area contributed by atoms with Crippen LogP contribution in [0.25, 0.3) is 10.9 Å². The van der Waals surface area contributed by atoms with E-state index in [1.54, 1.807) is 36.2 Å². The highest BCUT2D eigenvalue weighted by Crippen LogP contribution is 2.15. The lowest BCUT2D eigenvalue weighted by Gasteiger charge is -2.19. The number of hydrogen-bond acceptors (Lipinski definition) is 5. The molecule has 3 rings (SSSR count). The number of rotatable bonds is 8. The van der Waals surface area contributed by atoms with E-state index in [-0.39, 0.29) is 31.1 Å². The summed E-state index contributed by atoms with van der Waals surface area (Å²) in [5, 5.41) is 3.34. The Morgan fingerprint density at radius 3 is 2.57 bits per heavy atom. The average Bonchev–Trinajstić information content (AvgIpc) is 2.71. The van der Waals surface area contributed by atoms with Crippen LogP contribution in [-0.2, 0) is 29.1 Å². The van der Waals surface area contributed by atoms with Crippen molar-refractivity contribution in [3.05, 3.63) is 70.3 Å². The smallest absolute Gasteiger partial charge is 0.261 e. The van der Waals surface area contributed by atoms with Crippen LogP contribution in [0.1, 0.15) is 18.3 Å². The van der Waals surface area contributed by atoms with E-state index in [2.05, 4.69) is 10.3 Å². The zero-order valence-electron chi connectivity index (χ0n) is 17.1. The van der Waals surface area contributed by atoms with Gasteiger partial charge in [0.2, 0.25) is 11.8 Å². The summed E-state index contributed by atoms with van der Waals surface area (Å²) in [6, 6.07) is 14.6. The molecular weight excluding hydrogens is 382 g/mol. The van der Waals surface area contributed by atoms with Gasteiger partial charge in [0.1, 0.15) is 12.4 Å². The van der Waals surface area contributed by atoms with Crippen LogP contribution in [0.3, 0.4) is 0 Å². The molecule has 2 amide bonds. The van der Waals surface area contributed by atoms with Crippen molar-refractivity contribution in [2.75, 3.05) is 18.9 Å². The molecule has 8 nitrogen and oxygen atoms in total. The molecule has 0 aliphatic heterocycles. The number of aromatic nitrogens is 2. The highest BCUT2D eigenvalue weighted by molar-refractivity contribution is 5.93. The normalized spacial score (nSPS) is 11.0. The summed E-state index contributed by atoms with van der Waals surface area (Å²) in [6.07, 6.45) is 0.812. The Hall–Kier alpha value is -3.52. The first-order chi connectivity index (χ1) is 14.4. The van der Waals surface area contributed by atoms with Crippen molar-refractivity contribution in [1.82, 2.24) is 14.5 Å². The molecule has 1 heterocycles. The second-order valence-electron chi connectivity index (χ2n) is 7.13. The molecule has 0 spiro atoms. The minimum absolute atomic E-state index is 0.0946. The molecule has 0 bridgehead atoms. The Morgan fingerprint density at radius 2 is 1.83 bits per heavy atom. The molecule has 0 radical (unpaired) electrons. The second-order valence-corrected chi connectivity index (χ2v) is 7.13. The summed E-state index contributed by atoms with van der Waals surface area (Å²) in [7, 11) is 1.75. The number of benzene rings is 2. The van der Waals surface area contributed by atoms with Gasteiger partial charge in [-0.15, -0.1) is 0 Å². The van der Waals surface area contributed by atoms with Crippen LogP contribution < -0.4 is 16.6 Å². The summed E-state index contributed by atoms with van der Waals surface area (Å²) in [5.41, 5.74) is 7.37. The number of amides is 2. The molecule has 0 saturated heterocycles.